The van der Waals surface area contributed by atoms with E-state index in [1.807, 2.05) is 18.2 Å². The molecule has 0 bridgehead atoms. The Morgan fingerprint density at radius 2 is 1.61 bits per heavy atom. The van der Waals surface area contributed by atoms with Gasteiger partial charge in [-0.2, -0.15) is 13.2 Å². The van der Waals surface area contributed by atoms with Crippen LogP contribution in [0.5, 0.6) is 0 Å². The molecular weight excluding hydrogens is 502 g/mol. The van der Waals surface area contributed by atoms with Gasteiger partial charge in [0.1, 0.15) is 5.82 Å². The molecule has 0 atom stereocenters. The number of anilines is 5. The van der Waals surface area contributed by atoms with E-state index >= 15 is 0 Å². The van der Waals surface area contributed by atoms with E-state index < -0.39 is 23.6 Å². The first-order valence-corrected chi connectivity index (χ1v) is 11.3. The average molecular weight is 521 g/mol. The number of fused-ring (bicyclic) bond motifs is 1. The van der Waals surface area contributed by atoms with E-state index in [-0.39, 0.29) is 11.6 Å². The molecule has 3 amide bonds. The van der Waals surface area contributed by atoms with Gasteiger partial charge in [-0.1, -0.05) is 12.1 Å². The fraction of sp³-hybridized carbons (Fsp3) is 0.0370. The van der Waals surface area contributed by atoms with Crippen LogP contribution in [0.15, 0.2) is 79.0 Å². The minimum atomic E-state index is -4.75. The number of rotatable bonds is 5. The van der Waals surface area contributed by atoms with Crippen LogP contribution in [-0.4, -0.2) is 16.9 Å². The zero-order valence-electron chi connectivity index (χ0n) is 19.4. The topological polar surface area (TPSA) is 98.1 Å². The lowest BCUT2D eigenvalue weighted by Crippen LogP contribution is -2.20. The van der Waals surface area contributed by atoms with E-state index in [9.17, 15) is 27.2 Å². The highest BCUT2D eigenvalue weighted by molar-refractivity contribution is 6.35. The van der Waals surface area contributed by atoms with Gasteiger partial charge in [0.25, 0.3) is 5.91 Å². The van der Waals surface area contributed by atoms with E-state index in [4.69, 9.17) is 0 Å². The number of nitrogens with one attached hydrogen (secondary N) is 5. The second-order valence-corrected chi connectivity index (χ2v) is 8.41. The molecule has 7 nitrogen and oxygen atoms in total. The largest absolute Gasteiger partial charge is 0.416 e. The molecule has 192 valence electrons. The Morgan fingerprint density at radius 3 is 2.37 bits per heavy atom. The Bertz CT molecular complexity index is 1560. The van der Waals surface area contributed by atoms with Crippen molar-refractivity contribution in [2.75, 3.05) is 21.3 Å². The van der Waals surface area contributed by atoms with Crippen LogP contribution in [0.25, 0.3) is 11.6 Å². The predicted molar refractivity (Wildman–Crippen MR) is 138 cm³/mol. The molecule has 38 heavy (non-hydrogen) atoms. The van der Waals surface area contributed by atoms with Crippen LogP contribution in [0.2, 0.25) is 0 Å². The highest BCUT2D eigenvalue weighted by atomic mass is 19.4. The Hall–Kier alpha value is -5.06. The number of carbonyl (C=O) groups excluding carboxylic acids is 2. The summed E-state index contributed by atoms with van der Waals surface area (Å²) in [5.74, 6) is -1.34. The molecule has 0 saturated carbocycles. The number of carbonyl (C=O) groups is 2. The monoisotopic (exact) mass is 521 g/mol. The predicted octanol–water partition coefficient (Wildman–Crippen LogP) is 7.05. The SMILES string of the molecule is O=C(Nc1cccc(Nc2ccc3c(c2)NC(=O)/C3=C\c2ccc[nH]2)c1)Nc1cc(F)cc(C(F)(F)F)c1. The van der Waals surface area contributed by atoms with Crippen LogP contribution in [-0.2, 0) is 11.0 Å². The summed E-state index contributed by atoms with van der Waals surface area (Å²) in [6.45, 7) is 0. The lowest BCUT2D eigenvalue weighted by molar-refractivity contribution is -0.137. The first kappa shape index (κ1) is 24.6. The molecule has 5 rings (SSSR count). The first-order chi connectivity index (χ1) is 18.1. The highest BCUT2D eigenvalue weighted by Crippen LogP contribution is 2.36. The van der Waals surface area contributed by atoms with Gasteiger partial charge in [0.05, 0.1) is 16.8 Å². The molecule has 0 spiro atoms. The summed E-state index contributed by atoms with van der Waals surface area (Å²) in [6.07, 6.45) is -1.22. The maximum Gasteiger partial charge on any atom is 0.416 e. The molecule has 1 aliphatic rings. The average Bonchev–Trinajstić information content (AvgIpc) is 3.46. The summed E-state index contributed by atoms with van der Waals surface area (Å²) >= 11 is 0. The number of benzene rings is 3. The number of amides is 3. The summed E-state index contributed by atoms with van der Waals surface area (Å²) in [5, 5.41) is 10.7. The van der Waals surface area contributed by atoms with Gasteiger partial charge in [-0.15, -0.1) is 0 Å². The second kappa shape index (κ2) is 9.77. The minimum absolute atomic E-state index is 0.218. The Labute approximate surface area is 213 Å². The first-order valence-electron chi connectivity index (χ1n) is 11.3. The van der Waals surface area contributed by atoms with Gasteiger partial charge in [-0.25, -0.2) is 9.18 Å². The third-order valence-electron chi connectivity index (χ3n) is 5.62. The number of hydrogen-bond donors (Lipinski definition) is 5. The molecule has 0 fully saturated rings. The van der Waals surface area contributed by atoms with Gasteiger partial charge < -0.3 is 26.3 Å². The number of alkyl halides is 3. The number of aromatic amines is 1. The molecule has 0 aliphatic carbocycles. The van der Waals surface area contributed by atoms with Gasteiger partial charge in [0.15, 0.2) is 0 Å². The van der Waals surface area contributed by atoms with Crippen molar-refractivity contribution in [3.05, 3.63) is 102 Å². The summed E-state index contributed by atoms with van der Waals surface area (Å²) in [7, 11) is 0. The number of hydrogen-bond acceptors (Lipinski definition) is 3. The van der Waals surface area contributed by atoms with Crippen LogP contribution < -0.4 is 21.3 Å². The van der Waals surface area contributed by atoms with Crippen LogP contribution in [0.4, 0.5) is 50.8 Å². The van der Waals surface area contributed by atoms with E-state index in [2.05, 4.69) is 26.3 Å². The smallest absolute Gasteiger partial charge is 0.362 e. The van der Waals surface area contributed by atoms with Crippen molar-refractivity contribution in [3.8, 4) is 0 Å². The molecule has 11 heteroatoms. The number of halogens is 4. The van der Waals surface area contributed by atoms with Crippen LogP contribution in [0.3, 0.4) is 0 Å². The molecule has 2 heterocycles. The third-order valence-corrected chi connectivity index (χ3v) is 5.62. The van der Waals surface area contributed by atoms with Crippen molar-refractivity contribution in [3.63, 3.8) is 0 Å². The Balaban J connectivity index is 1.27. The van der Waals surface area contributed by atoms with Crippen LogP contribution >= 0.6 is 0 Å². The van der Waals surface area contributed by atoms with E-state index in [0.29, 0.717) is 40.5 Å². The van der Waals surface area contributed by atoms with Gasteiger partial charge in [-0.3, -0.25) is 4.79 Å². The minimum Gasteiger partial charge on any atom is -0.362 e. The van der Waals surface area contributed by atoms with Crippen molar-refractivity contribution in [2.45, 2.75) is 6.18 Å². The molecule has 0 radical (unpaired) electrons. The summed E-state index contributed by atoms with van der Waals surface area (Å²) < 4.78 is 52.3. The molecule has 1 aromatic heterocycles. The lowest BCUT2D eigenvalue weighted by atomic mass is 10.1. The summed E-state index contributed by atoms with van der Waals surface area (Å²) in [5.41, 5.74) is 2.79. The van der Waals surface area contributed by atoms with Crippen LogP contribution in [0.1, 0.15) is 16.8 Å². The van der Waals surface area contributed by atoms with Gasteiger partial charge in [0.2, 0.25) is 0 Å². The standard InChI is InChI=1S/C27H19F4N5O2/c28-16-9-15(27(29,30)31)10-21(11-16)35-26(38)34-19-4-1-3-18(12-19)33-20-6-7-22-23(13-17-5-2-8-32-17)25(37)36-24(22)14-20/h1-14,32-33H,(H,36,37)(H2,34,35,38)/b23-13-. The molecule has 0 unspecified atom stereocenters. The van der Waals surface area contributed by atoms with Gasteiger partial charge >= 0.3 is 12.2 Å². The second-order valence-electron chi connectivity index (χ2n) is 8.41. The van der Waals surface area contributed by atoms with Crippen molar-refractivity contribution < 1.29 is 27.2 Å². The van der Waals surface area contributed by atoms with Crippen molar-refractivity contribution in [1.82, 2.24) is 4.98 Å². The zero-order chi connectivity index (χ0) is 26.9. The molecular formula is C27H19F4N5O2. The molecule has 3 aromatic carbocycles. The van der Waals surface area contributed by atoms with Gasteiger partial charge in [0, 0.05) is 40.2 Å². The summed E-state index contributed by atoms with van der Waals surface area (Å²) in [6, 6.07) is 16.6. The van der Waals surface area contributed by atoms with Crippen LogP contribution in [0, 0.1) is 5.82 Å². The quantitative estimate of drug-likeness (QED) is 0.144. The molecule has 5 N–H and O–H groups in total. The molecule has 0 saturated heterocycles. The third kappa shape index (κ3) is 5.51. The summed E-state index contributed by atoms with van der Waals surface area (Å²) in [4.78, 5) is 27.8. The Morgan fingerprint density at radius 1 is 0.842 bits per heavy atom. The van der Waals surface area contributed by atoms with Crippen molar-refractivity contribution >= 4 is 52.0 Å². The zero-order valence-corrected chi connectivity index (χ0v) is 19.4. The normalized spacial score (nSPS) is 13.7. The van der Waals surface area contributed by atoms with E-state index in [1.54, 1.807) is 48.7 Å². The molecule has 4 aromatic rings. The van der Waals surface area contributed by atoms with Gasteiger partial charge in [-0.05, 0) is 66.7 Å². The number of urea groups is 1. The fourth-order valence-electron chi connectivity index (χ4n) is 3.97. The molecule has 1 aliphatic heterocycles. The van der Waals surface area contributed by atoms with Crippen molar-refractivity contribution in [2.24, 2.45) is 0 Å². The van der Waals surface area contributed by atoms with E-state index in [0.717, 1.165) is 17.3 Å². The van der Waals surface area contributed by atoms with E-state index in [1.165, 1.54) is 0 Å². The highest BCUT2D eigenvalue weighted by Gasteiger charge is 2.31. The Kier molecular flexibility index (Phi) is 6.33. The maximum atomic E-state index is 13.6. The number of H-pyrrole nitrogens is 1. The lowest BCUT2D eigenvalue weighted by Gasteiger charge is -2.13. The number of aromatic nitrogens is 1. The maximum absolute atomic E-state index is 13.6. The van der Waals surface area contributed by atoms with Crippen molar-refractivity contribution in [1.29, 1.82) is 0 Å². The fourth-order valence-corrected chi connectivity index (χ4v) is 3.97.